The molecule has 1 amide bonds. The van der Waals surface area contributed by atoms with E-state index in [9.17, 15) is 4.79 Å². The predicted molar refractivity (Wildman–Crippen MR) is 116 cm³/mol. The molecular formula is C24H33NO4. The van der Waals surface area contributed by atoms with Crippen LogP contribution < -0.4 is 14.2 Å². The lowest BCUT2D eigenvalue weighted by atomic mass is 10.1. The molecule has 158 valence electrons. The second kappa shape index (κ2) is 12.0. The van der Waals surface area contributed by atoms with Crippen molar-refractivity contribution in [3.8, 4) is 17.2 Å². The summed E-state index contributed by atoms with van der Waals surface area (Å²) >= 11 is 0. The third-order valence-corrected chi connectivity index (χ3v) is 4.82. The Hall–Kier alpha value is -2.69. The van der Waals surface area contributed by atoms with E-state index in [2.05, 4.69) is 6.92 Å². The highest BCUT2D eigenvalue weighted by Crippen LogP contribution is 2.28. The summed E-state index contributed by atoms with van der Waals surface area (Å²) in [5.74, 6) is 2.47. The number of carbonyl (C=O) groups excluding carboxylic acids is 1. The number of hydrogen-bond donors (Lipinski definition) is 0. The molecule has 0 aliphatic carbocycles. The van der Waals surface area contributed by atoms with Gasteiger partial charge in [-0.3, -0.25) is 4.79 Å². The molecule has 2 rings (SSSR count). The molecule has 0 unspecified atom stereocenters. The maximum Gasteiger partial charge on any atom is 0.222 e. The molecule has 0 atom stereocenters. The minimum Gasteiger partial charge on any atom is -0.494 e. The molecule has 0 aliphatic heterocycles. The Bertz CT molecular complexity index is 758. The highest BCUT2D eigenvalue weighted by atomic mass is 16.5. The molecule has 0 spiro atoms. The van der Waals surface area contributed by atoms with E-state index in [1.807, 2.05) is 54.3 Å². The second-order valence-electron chi connectivity index (χ2n) is 6.94. The molecule has 0 aliphatic rings. The van der Waals surface area contributed by atoms with Gasteiger partial charge in [0.05, 0.1) is 20.8 Å². The van der Waals surface area contributed by atoms with Gasteiger partial charge in [0.15, 0.2) is 11.5 Å². The summed E-state index contributed by atoms with van der Waals surface area (Å²) in [5, 5.41) is 0. The predicted octanol–water partition coefficient (Wildman–Crippen LogP) is 4.86. The van der Waals surface area contributed by atoms with Crippen LogP contribution in [-0.4, -0.2) is 38.2 Å². The van der Waals surface area contributed by atoms with Crippen molar-refractivity contribution in [2.45, 2.75) is 46.1 Å². The largest absolute Gasteiger partial charge is 0.494 e. The third-order valence-electron chi connectivity index (χ3n) is 4.82. The maximum absolute atomic E-state index is 12.8. The van der Waals surface area contributed by atoms with E-state index in [0.29, 0.717) is 37.6 Å². The van der Waals surface area contributed by atoms with Crippen molar-refractivity contribution in [3.05, 3.63) is 53.6 Å². The van der Waals surface area contributed by atoms with Gasteiger partial charge in [-0.2, -0.15) is 0 Å². The normalized spacial score (nSPS) is 10.5. The van der Waals surface area contributed by atoms with Gasteiger partial charge in [-0.25, -0.2) is 0 Å². The number of hydrogen-bond acceptors (Lipinski definition) is 4. The molecule has 0 saturated carbocycles. The van der Waals surface area contributed by atoms with Crippen molar-refractivity contribution in [1.82, 2.24) is 4.90 Å². The monoisotopic (exact) mass is 399 g/mol. The Morgan fingerprint density at radius 1 is 0.931 bits per heavy atom. The van der Waals surface area contributed by atoms with Gasteiger partial charge in [-0.05, 0) is 55.2 Å². The highest BCUT2D eigenvalue weighted by Gasteiger charge is 2.14. The SMILES string of the molecule is CCCCC(=O)N(CCc1ccc(OC)c(OC)c1)Cc1ccc(OCC)cc1. The zero-order chi connectivity index (χ0) is 21.1. The fourth-order valence-electron chi connectivity index (χ4n) is 3.16. The smallest absolute Gasteiger partial charge is 0.222 e. The van der Waals surface area contributed by atoms with E-state index >= 15 is 0 Å². The summed E-state index contributed by atoms with van der Waals surface area (Å²) in [6, 6.07) is 13.9. The van der Waals surface area contributed by atoms with Crippen molar-refractivity contribution in [2.24, 2.45) is 0 Å². The standard InChI is InChI=1S/C24H33NO4/c1-5-7-8-24(26)25(18-20-9-12-21(13-10-20)29-6-2)16-15-19-11-14-22(27-3)23(17-19)28-4/h9-14,17H,5-8,15-16,18H2,1-4H3. The summed E-state index contributed by atoms with van der Waals surface area (Å²) in [6.45, 7) is 5.98. The minimum atomic E-state index is 0.196. The van der Waals surface area contributed by atoms with Crippen LogP contribution in [0.1, 0.15) is 44.2 Å². The first-order valence-corrected chi connectivity index (χ1v) is 10.3. The van der Waals surface area contributed by atoms with Crippen LogP contribution in [-0.2, 0) is 17.8 Å². The molecule has 5 nitrogen and oxygen atoms in total. The lowest BCUT2D eigenvalue weighted by molar-refractivity contribution is -0.131. The zero-order valence-electron chi connectivity index (χ0n) is 18.1. The third kappa shape index (κ3) is 7.00. The van der Waals surface area contributed by atoms with E-state index in [4.69, 9.17) is 14.2 Å². The first-order chi connectivity index (χ1) is 14.1. The number of rotatable bonds is 12. The van der Waals surface area contributed by atoms with Crippen molar-refractivity contribution >= 4 is 5.91 Å². The molecule has 29 heavy (non-hydrogen) atoms. The van der Waals surface area contributed by atoms with E-state index in [-0.39, 0.29) is 5.91 Å². The molecule has 2 aromatic carbocycles. The van der Waals surface area contributed by atoms with Gasteiger partial charge < -0.3 is 19.1 Å². The summed E-state index contributed by atoms with van der Waals surface area (Å²) in [7, 11) is 3.26. The molecule has 0 N–H and O–H groups in total. The van der Waals surface area contributed by atoms with Crippen LogP contribution in [0.15, 0.2) is 42.5 Å². The number of carbonyl (C=O) groups is 1. The number of unbranched alkanes of at least 4 members (excludes halogenated alkanes) is 1. The number of benzene rings is 2. The van der Waals surface area contributed by atoms with E-state index < -0.39 is 0 Å². The number of ether oxygens (including phenoxy) is 3. The Morgan fingerprint density at radius 2 is 1.62 bits per heavy atom. The molecule has 0 bridgehead atoms. The minimum absolute atomic E-state index is 0.196. The molecule has 0 fully saturated rings. The Balaban J connectivity index is 2.08. The number of methoxy groups -OCH3 is 2. The van der Waals surface area contributed by atoms with Crippen LogP contribution in [0.2, 0.25) is 0 Å². The molecule has 5 heteroatoms. The van der Waals surface area contributed by atoms with Gasteiger partial charge in [0.2, 0.25) is 5.91 Å². The van der Waals surface area contributed by atoms with Crippen LogP contribution in [0, 0.1) is 0 Å². The van der Waals surface area contributed by atoms with Crippen LogP contribution in [0.3, 0.4) is 0 Å². The van der Waals surface area contributed by atoms with Crippen molar-refractivity contribution in [2.75, 3.05) is 27.4 Å². The molecule has 0 heterocycles. The van der Waals surface area contributed by atoms with Crippen LogP contribution in [0.25, 0.3) is 0 Å². The molecule has 0 saturated heterocycles. The van der Waals surface area contributed by atoms with E-state index in [1.54, 1.807) is 14.2 Å². The summed E-state index contributed by atoms with van der Waals surface area (Å²) in [4.78, 5) is 14.7. The van der Waals surface area contributed by atoms with Crippen molar-refractivity contribution in [1.29, 1.82) is 0 Å². The topological polar surface area (TPSA) is 48.0 Å². The second-order valence-corrected chi connectivity index (χ2v) is 6.94. The van der Waals surface area contributed by atoms with Gasteiger partial charge in [0, 0.05) is 19.5 Å². The van der Waals surface area contributed by atoms with Crippen LogP contribution in [0.5, 0.6) is 17.2 Å². The molecular weight excluding hydrogens is 366 g/mol. The molecule has 0 aromatic heterocycles. The number of nitrogens with zero attached hydrogens (tertiary/aromatic N) is 1. The zero-order valence-corrected chi connectivity index (χ0v) is 18.1. The number of amides is 1. The Labute approximate surface area is 174 Å². The van der Waals surface area contributed by atoms with Crippen molar-refractivity contribution in [3.63, 3.8) is 0 Å². The van der Waals surface area contributed by atoms with Crippen LogP contribution in [0.4, 0.5) is 0 Å². The van der Waals surface area contributed by atoms with Gasteiger partial charge >= 0.3 is 0 Å². The van der Waals surface area contributed by atoms with Gasteiger partial charge in [0.1, 0.15) is 5.75 Å². The molecule has 0 radical (unpaired) electrons. The lowest BCUT2D eigenvalue weighted by Gasteiger charge is -2.23. The highest BCUT2D eigenvalue weighted by molar-refractivity contribution is 5.76. The summed E-state index contributed by atoms with van der Waals surface area (Å²) in [5.41, 5.74) is 2.22. The Kier molecular flexibility index (Phi) is 9.35. The fraction of sp³-hybridized carbons (Fsp3) is 0.458. The average Bonchev–Trinajstić information content (AvgIpc) is 2.76. The summed E-state index contributed by atoms with van der Waals surface area (Å²) < 4.78 is 16.2. The van der Waals surface area contributed by atoms with Gasteiger partial charge in [-0.15, -0.1) is 0 Å². The Morgan fingerprint density at radius 3 is 2.24 bits per heavy atom. The first-order valence-electron chi connectivity index (χ1n) is 10.3. The van der Waals surface area contributed by atoms with E-state index in [0.717, 1.165) is 36.1 Å². The summed E-state index contributed by atoms with van der Waals surface area (Å²) in [6.07, 6.45) is 3.27. The molecule has 2 aromatic rings. The lowest BCUT2D eigenvalue weighted by Crippen LogP contribution is -2.32. The quantitative estimate of drug-likeness (QED) is 0.511. The first kappa shape index (κ1) is 22.6. The maximum atomic E-state index is 12.8. The van der Waals surface area contributed by atoms with Crippen molar-refractivity contribution < 1.29 is 19.0 Å². The van der Waals surface area contributed by atoms with Gasteiger partial charge in [0.25, 0.3) is 0 Å². The van der Waals surface area contributed by atoms with Crippen LogP contribution >= 0.6 is 0 Å². The fourth-order valence-corrected chi connectivity index (χ4v) is 3.16. The van der Waals surface area contributed by atoms with E-state index in [1.165, 1.54) is 0 Å². The van der Waals surface area contributed by atoms with Gasteiger partial charge in [-0.1, -0.05) is 31.5 Å². The average molecular weight is 400 g/mol.